The Hall–Kier alpha value is -1.85. The molecule has 25 heavy (non-hydrogen) atoms. The first-order valence-corrected chi connectivity index (χ1v) is 9.96. The maximum Gasteiger partial charge on any atom is 0.187 e. The molecule has 1 N–H and O–H groups in total. The van der Waals surface area contributed by atoms with Gasteiger partial charge in [-0.05, 0) is 61.1 Å². The number of benzene rings is 2. The van der Waals surface area contributed by atoms with E-state index >= 15 is 0 Å². The number of halogens is 1. The second kappa shape index (κ2) is 7.18. The van der Waals surface area contributed by atoms with Crippen molar-refractivity contribution in [3.8, 4) is 5.75 Å². The van der Waals surface area contributed by atoms with E-state index in [4.69, 9.17) is 20.9 Å². The summed E-state index contributed by atoms with van der Waals surface area (Å²) in [6.45, 7) is 0.402. The lowest BCUT2D eigenvalue weighted by Gasteiger charge is -2.17. The van der Waals surface area contributed by atoms with E-state index in [2.05, 4.69) is 22.0 Å². The van der Waals surface area contributed by atoms with Crippen LogP contribution in [0.25, 0.3) is 11.0 Å². The summed E-state index contributed by atoms with van der Waals surface area (Å²) >= 11 is 7.89. The van der Waals surface area contributed by atoms with Crippen molar-refractivity contribution in [2.45, 2.75) is 32.3 Å². The Morgan fingerprint density at radius 1 is 1.20 bits per heavy atom. The molecule has 0 amide bonds. The lowest BCUT2D eigenvalue weighted by Crippen LogP contribution is -2.03. The molecule has 0 fully saturated rings. The number of hydrogen-bond acceptors (Lipinski definition) is 5. The van der Waals surface area contributed by atoms with Gasteiger partial charge >= 0.3 is 0 Å². The molecular formula is C19H19ClN2O2S. The maximum atomic E-state index is 6.43. The lowest BCUT2D eigenvalue weighted by molar-refractivity contribution is 0.305. The molecule has 2 aromatic carbocycles. The largest absolute Gasteiger partial charge is 0.489 e. The zero-order valence-corrected chi connectivity index (χ0v) is 15.5. The minimum Gasteiger partial charge on any atom is -0.489 e. The Labute approximate surface area is 156 Å². The third kappa shape index (κ3) is 3.44. The topological polar surface area (TPSA) is 47.3 Å². The van der Waals surface area contributed by atoms with Crippen LogP contribution < -0.4 is 9.46 Å². The second-order valence-electron chi connectivity index (χ2n) is 6.20. The maximum absolute atomic E-state index is 6.43. The number of hydrogen-bond donors (Lipinski definition) is 1. The van der Waals surface area contributed by atoms with Crippen molar-refractivity contribution >= 4 is 40.3 Å². The van der Waals surface area contributed by atoms with Gasteiger partial charge in [0.25, 0.3) is 0 Å². The highest BCUT2D eigenvalue weighted by atomic mass is 35.5. The highest BCUT2D eigenvalue weighted by molar-refractivity contribution is 7.99. The molecule has 130 valence electrons. The predicted molar refractivity (Wildman–Crippen MR) is 104 cm³/mol. The fourth-order valence-corrected chi connectivity index (χ4v) is 3.80. The van der Waals surface area contributed by atoms with Gasteiger partial charge in [0.05, 0.1) is 5.39 Å². The average molecular weight is 375 g/mol. The summed E-state index contributed by atoms with van der Waals surface area (Å²) in [6, 6.07) is 10.2. The van der Waals surface area contributed by atoms with Crippen molar-refractivity contribution < 1.29 is 9.26 Å². The minimum atomic E-state index is 0.402. The van der Waals surface area contributed by atoms with E-state index < -0.39 is 0 Å². The molecule has 0 spiro atoms. The zero-order valence-electron chi connectivity index (χ0n) is 14.0. The van der Waals surface area contributed by atoms with Crippen LogP contribution in [-0.2, 0) is 19.4 Å². The first-order chi connectivity index (χ1) is 12.2. The SMILES string of the molecule is CSNc1noc2cc(COc3ccc4c(c3)CCCC4)c(Cl)cc12. The van der Waals surface area contributed by atoms with E-state index in [1.165, 1.54) is 42.3 Å². The molecule has 1 heterocycles. The van der Waals surface area contributed by atoms with Crippen molar-refractivity contribution in [2.75, 3.05) is 11.0 Å². The van der Waals surface area contributed by atoms with Crippen LogP contribution in [0.4, 0.5) is 5.82 Å². The second-order valence-corrected chi connectivity index (χ2v) is 7.22. The van der Waals surface area contributed by atoms with Gasteiger partial charge in [-0.3, -0.25) is 0 Å². The Bertz CT molecular complexity index is 910. The normalized spacial score (nSPS) is 13.7. The van der Waals surface area contributed by atoms with Crippen molar-refractivity contribution in [3.05, 3.63) is 52.0 Å². The minimum absolute atomic E-state index is 0.402. The van der Waals surface area contributed by atoms with Crippen LogP contribution in [0.5, 0.6) is 5.75 Å². The number of aromatic nitrogens is 1. The third-order valence-electron chi connectivity index (χ3n) is 4.55. The summed E-state index contributed by atoms with van der Waals surface area (Å²) < 4.78 is 14.4. The van der Waals surface area contributed by atoms with Crippen LogP contribution in [-0.4, -0.2) is 11.4 Å². The standard InChI is InChI=1S/C19H19ClN2O2S/c1-25-22-19-16-10-17(20)14(9-18(16)24-21-19)11-23-15-7-6-12-4-2-3-5-13(12)8-15/h6-10H,2-5,11H2,1H3,(H,21,22). The molecule has 1 aliphatic carbocycles. The Kier molecular flexibility index (Phi) is 4.77. The molecule has 1 aromatic heterocycles. The number of nitrogens with zero attached hydrogens (tertiary/aromatic N) is 1. The van der Waals surface area contributed by atoms with Crippen molar-refractivity contribution in [1.29, 1.82) is 0 Å². The molecule has 4 nitrogen and oxygen atoms in total. The summed E-state index contributed by atoms with van der Waals surface area (Å²) in [7, 11) is 0. The molecule has 0 bridgehead atoms. The van der Waals surface area contributed by atoms with E-state index in [1.54, 1.807) is 0 Å². The smallest absolute Gasteiger partial charge is 0.187 e. The molecule has 0 atom stereocenters. The van der Waals surface area contributed by atoms with Crippen LogP contribution in [0.2, 0.25) is 5.02 Å². The number of aryl methyl sites for hydroxylation is 2. The summed E-state index contributed by atoms with van der Waals surface area (Å²) in [4.78, 5) is 0. The number of anilines is 1. The van der Waals surface area contributed by atoms with Gasteiger partial charge in [0.15, 0.2) is 11.4 Å². The highest BCUT2D eigenvalue weighted by Gasteiger charge is 2.13. The molecule has 0 unspecified atom stereocenters. The van der Waals surface area contributed by atoms with E-state index in [-0.39, 0.29) is 0 Å². The Balaban J connectivity index is 1.53. The summed E-state index contributed by atoms with van der Waals surface area (Å²) in [6.07, 6.45) is 6.80. The lowest BCUT2D eigenvalue weighted by atomic mass is 9.92. The molecule has 0 aliphatic heterocycles. The van der Waals surface area contributed by atoms with Gasteiger partial charge in [-0.25, -0.2) is 0 Å². The Morgan fingerprint density at radius 2 is 2.04 bits per heavy atom. The Morgan fingerprint density at radius 3 is 2.88 bits per heavy atom. The van der Waals surface area contributed by atoms with Crippen molar-refractivity contribution in [1.82, 2.24) is 5.16 Å². The van der Waals surface area contributed by atoms with Gasteiger partial charge < -0.3 is 14.0 Å². The number of fused-ring (bicyclic) bond motifs is 2. The van der Waals surface area contributed by atoms with E-state index in [0.29, 0.717) is 23.0 Å². The van der Waals surface area contributed by atoms with Gasteiger partial charge in [0, 0.05) is 16.8 Å². The first kappa shape index (κ1) is 16.6. The highest BCUT2D eigenvalue weighted by Crippen LogP contribution is 2.31. The summed E-state index contributed by atoms with van der Waals surface area (Å²) in [5, 5.41) is 5.55. The van der Waals surface area contributed by atoms with Gasteiger partial charge in [0.1, 0.15) is 12.4 Å². The van der Waals surface area contributed by atoms with Gasteiger partial charge in [-0.1, -0.05) is 34.8 Å². The van der Waals surface area contributed by atoms with Crippen LogP contribution >= 0.6 is 23.5 Å². The van der Waals surface area contributed by atoms with Gasteiger partial charge in [-0.2, -0.15) is 0 Å². The molecular weight excluding hydrogens is 356 g/mol. The van der Waals surface area contributed by atoms with E-state index in [0.717, 1.165) is 23.1 Å². The van der Waals surface area contributed by atoms with Crippen LogP contribution in [0.3, 0.4) is 0 Å². The fraction of sp³-hybridized carbons (Fsp3) is 0.316. The monoisotopic (exact) mass is 374 g/mol. The fourth-order valence-electron chi connectivity index (χ4n) is 3.24. The molecule has 6 heteroatoms. The molecule has 4 rings (SSSR count). The third-order valence-corrected chi connectivity index (χ3v) is 5.30. The molecule has 0 saturated carbocycles. The molecule has 1 aliphatic rings. The number of ether oxygens (including phenoxy) is 1. The van der Waals surface area contributed by atoms with Gasteiger partial charge in [-0.15, -0.1) is 0 Å². The first-order valence-electron chi connectivity index (χ1n) is 8.36. The van der Waals surface area contributed by atoms with Crippen LogP contribution in [0.1, 0.15) is 29.5 Å². The molecule has 0 radical (unpaired) electrons. The zero-order chi connectivity index (χ0) is 17.2. The summed E-state index contributed by atoms with van der Waals surface area (Å²) in [5.41, 5.74) is 4.45. The van der Waals surface area contributed by atoms with Crippen molar-refractivity contribution in [3.63, 3.8) is 0 Å². The quantitative estimate of drug-likeness (QED) is 0.586. The van der Waals surface area contributed by atoms with Crippen LogP contribution in [0.15, 0.2) is 34.9 Å². The number of nitrogens with one attached hydrogen (secondary N) is 1. The van der Waals surface area contributed by atoms with Crippen molar-refractivity contribution in [2.24, 2.45) is 0 Å². The van der Waals surface area contributed by atoms with E-state index in [9.17, 15) is 0 Å². The average Bonchev–Trinajstić information content (AvgIpc) is 3.01. The molecule has 3 aromatic rings. The van der Waals surface area contributed by atoms with Gasteiger partial charge in [0.2, 0.25) is 0 Å². The van der Waals surface area contributed by atoms with E-state index in [1.807, 2.05) is 24.5 Å². The number of rotatable bonds is 5. The van der Waals surface area contributed by atoms with Crippen LogP contribution in [0, 0.1) is 0 Å². The molecule has 0 saturated heterocycles. The summed E-state index contributed by atoms with van der Waals surface area (Å²) in [5.74, 6) is 1.57. The predicted octanol–water partition coefficient (Wildman–Crippen LogP) is 5.63.